The molecule has 3 unspecified atom stereocenters. The average molecular weight is 272 g/mol. The minimum absolute atomic E-state index is 0.0137. The average Bonchev–Trinajstić information content (AvgIpc) is 2.97. The van der Waals surface area contributed by atoms with Crippen LogP contribution in [0.15, 0.2) is 0 Å². The Morgan fingerprint density at radius 2 is 2.21 bits per heavy atom. The van der Waals surface area contributed by atoms with Gasteiger partial charge in [-0.25, -0.2) is 0 Å². The van der Waals surface area contributed by atoms with Crippen molar-refractivity contribution in [3.05, 3.63) is 0 Å². The number of ether oxygens (including phenoxy) is 3. The summed E-state index contributed by atoms with van der Waals surface area (Å²) in [4.78, 5) is 14.0. The van der Waals surface area contributed by atoms with E-state index >= 15 is 0 Å². The predicted octanol–water partition coefficient (Wildman–Crippen LogP) is -0.243. The highest BCUT2D eigenvalue weighted by Gasteiger charge is 2.28. The molecule has 1 amide bonds. The van der Waals surface area contributed by atoms with Crippen LogP contribution >= 0.6 is 0 Å². The molecule has 0 saturated carbocycles. The summed E-state index contributed by atoms with van der Waals surface area (Å²) in [5, 5.41) is 0. The second-order valence-corrected chi connectivity index (χ2v) is 5.12. The molecule has 110 valence electrons. The van der Waals surface area contributed by atoms with Gasteiger partial charge >= 0.3 is 0 Å². The SMILES string of the molecule is CC(OCC1CCCO1)C(=O)N1CCOC(CN)C1. The van der Waals surface area contributed by atoms with E-state index in [1.54, 1.807) is 11.8 Å². The van der Waals surface area contributed by atoms with Crippen LogP contribution in [0.3, 0.4) is 0 Å². The third-order valence-corrected chi connectivity index (χ3v) is 3.62. The molecule has 2 heterocycles. The van der Waals surface area contributed by atoms with Crippen molar-refractivity contribution in [2.75, 3.05) is 39.5 Å². The van der Waals surface area contributed by atoms with Crippen molar-refractivity contribution in [2.45, 2.75) is 38.1 Å². The molecule has 2 aliphatic heterocycles. The number of carbonyl (C=O) groups excluding carboxylic acids is 1. The van der Waals surface area contributed by atoms with Gasteiger partial charge in [0.2, 0.25) is 0 Å². The van der Waals surface area contributed by atoms with Crippen molar-refractivity contribution in [3.63, 3.8) is 0 Å². The molecule has 0 aromatic carbocycles. The van der Waals surface area contributed by atoms with Crippen LogP contribution in [0.25, 0.3) is 0 Å². The highest BCUT2D eigenvalue weighted by Crippen LogP contribution is 2.14. The Morgan fingerprint density at radius 3 is 2.89 bits per heavy atom. The van der Waals surface area contributed by atoms with Crippen LogP contribution in [0, 0.1) is 0 Å². The predicted molar refractivity (Wildman–Crippen MR) is 69.8 cm³/mol. The van der Waals surface area contributed by atoms with Crippen LogP contribution in [-0.4, -0.2) is 68.6 Å². The van der Waals surface area contributed by atoms with Crippen LogP contribution in [-0.2, 0) is 19.0 Å². The van der Waals surface area contributed by atoms with E-state index in [0.29, 0.717) is 32.8 Å². The Bertz CT molecular complexity index is 294. The Kier molecular flexibility index (Phi) is 5.57. The monoisotopic (exact) mass is 272 g/mol. The van der Waals surface area contributed by atoms with Crippen LogP contribution in [0.2, 0.25) is 0 Å². The summed E-state index contributed by atoms with van der Waals surface area (Å²) in [5.74, 6) is 0.0137. The molecule has 2 N–H and O–H groups in total. The van der Waals surface area contributed by atoms with Crippen molar-refractivity contribution in [1.29, 1.82) is 0 Å². The number of nitrogens with two attached hydrogens (primary N) is 1. The first kappa shape index (κ1) is 14.7. The van der Waals surface area contributed by atoms with Gasteiger partial charge in [0.1, 0.15) is 6.10 Å². The fourth-order valence-corrected chi connectivity index (χ4v) is 2.42. The molecular weight excluding hydrogens is 248 g/mol. The van der Waals surface area contributed by atoms with Gasteiger partial charge < -0.3 is 24.8 Å². The van der Waals surface area contributed by atoms with Gasteiger partial charge in [-0.3, -0.25) is 4.79 Å². The molecular formula is C13H24N2O4. The van der Waals surface area contributed by atoms with Crippen LogP contribution in [0.5, 0.6) is 0 Å². The molecule has 2 aliphatic rings. The van der Waals surface area contributed by atoms with E-state index in [1.165, 1.54) is 0 Å². The first-order valence-corrected chi connectivity index (χ1v) is 7.04. The van der Waals surface area contributed by atoms with E-state index in [9.17, 15) is 4.79 Å². The molecule has 0 radical (unpaired) electrons. The summed E-state index contributed by atoms with van der Waals surface area (Å²) in [5.41, 5.74) is 5.57. The fraction of sp³-hybridized carbons (Fsp3) is 0.923. The van der Waals surface area contributed by atoms with E-state index in [-0.39, 0.29) is 18.1 Å². The van der Waals surface area contributed by atoms with Crippen molar-refractivity contribution >= 4 is 5.91 Å². The zero-order chi connectivity index (χ0) is 13.7. The summed E-state index contributed by atoms with van der Waals surface area (Å²) in [6.45, 7) is 5.26. The summed E-state index contributed by atoms with van der Waals surface area (Å²) < 4.78 is 16.5. The summed E-state index contributed by atoms with van der Waals surface area (Å²) >= 11 is 0. The lowest BCUT2D eigenvalue weighted by molar-refractivity contribution is -0.151. The van der Waals surface area contributed by atoms with E-state index in [0.717, 1.165) is 19.4 Å². The normalized spacial score (nSPS) is 29.5. The van der Waals surface area contributed by atoms with Crippen LogP contribution in [0.4, 0.5) is 0 Å². The standard InChI is InChI=1S/C13H24N2O4/c1-10(19-9-11-3-2-5-17-11)13(16)15-4-6-18-12(7-14)8-15/h10-12H,2-9,14H2,1H3. The molecule has 19 heavy (non-hydrogen) atoms. The molecule has 6 nitrogen and oxygen atoms in total. The minimum Gasteiger partial charge on any atom is -0.376 e. The van der Waals surface area contributed by atoms with Crippen LogP contribution < -0.4 is 5.73 Å². The maximum absolute atomic E-state index is 12.2. The minimum atomic E-state index is -0.430. The molecule has 2 fully saturated rings. The number of carbonyl (C=O) groups is 1. The molecule has 2 saturated heterocycles. The maximum Gasteiger partial charge on any atom is 0.251 e. The van der Waals surface area contributed by atoms with Gasteiger partial charge in [0, 0.05) is 26.2 Å². The summed E-state index contributed by atoms with van der Waals surface area (Å²) in [7, 11) is 0. The Hall–Kier alpha value is -0.690. The fourth-order valence-electron chi connectivity index (χ4n) is 2.42. The first-order chi connectivity index (χ1) is 9.20. The van der Waals surface area contributed by atoms with Gasteiger partial charge in [-0.05, 0) is 19.8 Å². The van der Waals surface area contributed by atoms with Crippen molar-refractivity contribution in [3.8, 4) is 0 Å². The Labute approximate surface area is 114 Å². The molecule has 2 rings (SSSR count). The van der Waals surface area contributed by atoms with E-state index < -0.39 is 6.10 Å². The number of hydrogen-bond donors (Lipinski definition) is 1. The lowest BCUT2D eigenvalue weighted by Gasteiger charge is -2.34. The third-order valence-electron chi connectivity index (χ3n) is 3.62. The van der Waals surface area contributed by atoms with Gasteiger partial charge in [0.15, 0.2) is 0 Å². The van der Waals surface area contributed by atoms with Gasteiger partial charge in [-0.1, -0.05) is 0 Å². The van der Waals surface area contributed by atoms with E-state index in [2.05, 4.69) is 0 Å². The lowest BCUT2D eigenvalue weighted by Crippen LogP contribution is -2.51. The molecule has 0 aromatic heterocycles. The number of nitrogens with zero attached hydrogens (tertiary/aromatic N) is 1. The maximum atomic E-state index is 12.2. The molecule has 3 atom stereocenters. The van der Waals surface area contributed by atoms with Crippen molar-refractivity contribution in [1.82, 2.24) is 4.90 Å². The second-order valence-electron chi connectivity index (χ2n) is 5.12. The molecule has 0 aliphatic carbocycles. The van der Waals surface area contributed by atoms with Crippen molar-refractivity contribution < 1.29 is 19.0 Å². The van der Waals surface area contributed by atoms with Gasteiger partial charge in [-0.15, -0.1) is 0 Å². The second kappa shape index (κ2) is 7.19. The number of amides is 1. The summed E-state index contributed by atoms with van der Waals surface area (Å²) in [6, 6.07) is 0. The molecule has 0 bridgehead atoms. The summed E-state index contributed by atoms with van der Waals surface area (Å²) in [6.07, 6.45) is 1.77. The highest BCUT2D eigenvalue weighted by atomic mass is 16.5. The number of rotatable bonds is 5. The van der Waals surface area contributed by atoms with Crippen molar-refractivity contribution in [2.24, 2.45) is 5.73 Å². The Balaban J connectivity index is 1.74. The Morgan fingerprint density at radius 1 is 1.42 bits per heavy atom. The lowest BCUT2D eigenvalue weighted by atomic mass is 10.2. The smallest absolute Gasteiger partial charge is 0.251 e. The zero-order valence-corrected chi connectivity index (χ0v) is 11.5. The largest absolute Gasteiger partial charge is 0.376 e. The van der Waals surface area contributed by atoms with Gasteiger partial charge in [-0.2, -0.15) is 0 Å². The first-order valence-electron chi connectivity index (χ1n) is 7.04. The number of hydrogen-bond acceptors (Lipinski definition) is 5. The zero-order valence-electron chi connectivity index (χ0n) is 11.5. The van der Waals surface area contributed by atoms with E-state index in [1.807, 2.05) is 0 Å². The number of morpholine rings is 1. The quantitative estimate of drug-likeness (QED) is 0.747. The molecule has 0 aromatic rings. The molecule has 0 spiro atoms. The topological polar surface area (TPSA) is 74.0 Å². The third kappa shape index (κ3) is 4.14. The highest BCUT2D eigenvalue weighted by molar-refractivity contribution is 5.80. The van der Waals surface area contributed by atoms with Crippen LogP contribution in [0.1, 0.15) is 19.8 Å². The van der Waals surface area contributed by atoms with Gasteiger partial charge in [0.05, 0.1) is 25.4 Å². The van der Waals surface area contributed by atoms with Gasteiger partial charge in [0.25, 0.3) is 5.91 Å². The van der Waals surface area contributed by atoms with E-state index in [4.69, 9.17) is 19.9 Å². The molecule has 6 heteroatoms.